The Morgan fingerprint density at radius 2 is 1.12 bits per heavy atom. The summed E-state index contributed by atoms with van der Waals surface area (Å²) in [7, 11) is 0. The first-order valence-electron chi connectivity index (χ1n) is 9.39. The molecule has 0 aromatic heterocycles. The fourth-order valence-corrected chi connectivity index (χ4v) is 5.44. The molecule has 0 radical (unpaired) electrons. The first-order valence-corrected chi connectivity index (χ1v) is 9.39. The van der Waals surface area contributed by atoms with E-state index in [1.807, 2.05) is 36.4 Å². The van der Waals surface area contributed by atoms with Gasteiger partial charge in [0.15, 0.2) is 5.78 Å². The number of carbonyl (C=O) groups excluding carboxylic acids is 1. The minimum atomic E-state index is 0.291. The van der Waals surface area contributed by atoms with Crippen LogP contribution in [-0.2, 0) is 4.79 Å². The molecule has 5 rings (SSSR count). The largest absolute Gasteiger partial charge is 0.289 e. The molecule has 1 nitrogen and oxygen atoms in total. The number of hydrogen-bond donors (Lipinski definition) is 0. The molecule has 124 valence electrons. The highest BCUT2D eigenvalue weighted by molar-refractivity contribution is 6.17. The Labute approximate surface area is 149 Å². The molecule has 2 aromatic carbocycles. The van der Waals surface area contributed by atoms with Crippen molar-refractivity contribution in [2.75, 3.05) is 0 Å². The van der Waals surface area contributed by atoms with E-state index < -0.39 is 0 Å². The highest BCUT2D eigenvalue weighted by Crippen LogP contribution is 2.61. The van der Waals surface area contributed by atoms with E-state index in [0.717, 1.165) is 22.3 Å². The molecule has 25 heavy (non-hydrogen) atoms. The Morgan fingerprint density at radius 1 is 0.680 bits per heavy atom. The monoisotopic (exact) mass is 326 g/mol. The lowest BCUT2D eigenvalue weighted by Crippen LogP contribution is -2.18. The third-order valence-electron chi connectivity index (χ3n) is 6.40. The van der Waals surface area contributed by atoms with Gasteiger partial charge in [0.2, 0.25) is 0 Å². The summed E-state index contributed by atoms with van der Waals surface area (Å²) in [6.45, 7) is 0. The number of fused-ring (bicyclic) bond motifs is 5. The van der Waals surface area contributed by atoms with Crippen LogP contribution in [0.4, 0.5) is 0 Å². The lowest BCUT2D eigenvalue weighted by Gasteiger charge is -2.25. The van der Waals surface area contributed by atoms with Crippen molar-refractivity contribution in [3.05, 3.63) is 82.9 Å². The van der Waals surface area contributed by atoms with Crippen LogP contribution in [0.5, 0.6) is 0 Å². The summed E-state index contributed by atoms with van der Waals surface area (Å²) < 4.78 is 0. The zero-order valence-electron chi connectivity index (χ0n) is 14.3. The van der Waals surface area contributed by atoms with Gasteiger partial charge in [-0.25, -0.2) is 0 Å². The van der Waals surface area contributed by atoms with Gasteiger partial charge in [0.25, 0.3) is 0 Å². The number of benzene rings is 2. The molecule has 0 unspecified atom stereocenters. The highest BCUT2D eigenvalue weighted by atomic mass is 16.1. The van der Waals surface area contributed by atoms with E-state index in [1.165, 1.54) is 19.3 Å². The first-order chi connectivity index (χ1) is 12.3. The molecule has 2 bridgehead atoms. The molecule has 0 amide bonds. The van der Waals surface area contributed by atoms with Gasteiger partial charge in [-0.1, -0.05) is 60.7 Å². The molecular weight excluding hydrogens is 304 g/mol. The van der Waals surface area contributed by atoms with Crippen LogP contribution in [0.25, 0.3) is 12.2 Å². The smallest absolute Gasteiger partial charge is 0.185 e. The van der Waals surface area contributed by atoms with Gasteiger partial charge < -0.3 is 0 Å². The molecule has 3 aliphatic carbocycles. The predicted molar refractivity (Wildman–Crippen MR) is 102 cm³/mol. The summed E-state index contributed by atoms with van der Waals surface area (Å²) >= 11 is 0. The average Bonchev–Trinajstić information content (AvgIpc) is 3.33. The van der Waals surface area contributed by atoms with Crippen LogP contribution in [0.2, 0.25) is 0 Å². The van der Waals surface area contributed by atoms with E-state index in [4.69, 9.17) is 0 Å². The Kier molecular flexibility index (Phi) is 3.48. The molecule has 0 aliphatic heterocycles. The number of allylic oxidation sites excluding steroid dienone is 2. The van der Waals surface area contributed by atoms with Gasteiger partial charge in [0.05, 0.1) is 0 Å². The summed E-state index contributed by atoms with van der Waals surface area (Å²) in [6.07, 6.45) is 8.22. The minimum absolute atomic E-state index is 0.291. The summed E-state index contributed by atoms with van der Waals surface area (Å²) in [5.41, 5.74) is 4.41. The van der Waals surface area contributed by atoms with Crippen molar-refractivity contribution in [2.45, 2.75) is 19.3 Å². The third-order valence-corrected chi connectivity index (χ3v) is 6.40. The molecule has 2 aromatic rings. The summed E-state index contributed by atoms with van der Waals surface area (Å²) in [5.74, 6) is 2.59. The third kappa shape index (κ3) is 2.41. The van der Waals surface area contributed by atoms with Crippen molar-refractivity contribution >= 4 is 17.9 Å². The lowest BCUT2D eigenvalue weighted by molar-refractivity contribution is -0.111. The second-order valence-electron chi connectivity index (χ2n) is 7.73. The minimum Gasteiger partial charge on any atom is -0.289 e. The number of ketones is 1. The maximum Gasteiger partial charge on any atom is 0.185 e. The van der Waals surface area contributed by atoms with Crippen molar-refractivity contribution in [1.29, 1.82) is 0 Å². The van der Waals surface area contributed by atoms with Crippen LogP contribution in [0.15, 0.2) is 71.8 Å². The van der Waals surface area contributed by atoms with Crippen LogP contribution in [-0.4, -0.2) is 5.78 Å². The van der Waals surface area contributed by atoms with Gasteiger partial charge in [-0.2, -0.15) is 0 Å². The van der Waals surface area contributed by atoms with E-state index in [1.54, 1.807) is 0 Å². The van der Waals surface area contributed by atoms with Crippen molar-refractivity contribution in [2.24, 2.45) is 23.7 Å². The van der Waals surface area contributed by atoms with E-state index in [-0.39, 0.29) is 0 Å². The van der Waals surface area contributed by atoms with Gasteiger partial charge in [0, 0.05) is 11.1 Å². The van der Waals surface area contributed by atoms with Crippen molar-refractivity contribution < 1.29 is 4.79 Å². The Bertz CT molecular complexity index is 788. The Morgan fingerprint density at radius 3 is 1.56 bits per heavy atom. The molecule has 0 heterocycles. The van der Waals surface area contributed by atoms with Gasteiger partial charge in [-0.15, -0.1) is 0 Å². The van der Waals surface area contributed by atoms with Crippen LogP contribution in [0, 0.1) is 23.7 Å². The molecule has 0 N–H and O–H groups in total. The fraction of sp³-hybridized carbons (Fsp3) is 0.292. The molecule has 1 heteroatoms. The van der Waals surface area contributed by atoms with Crippen LogP contribution >= 0.6 is 0 Å². The normalized spacial score (nSPS) is 33.4. The van der Waals surface area contributed by atoms with Crippen molar-refractivity contribution in [1.82, 2.24) is 0 Å². The maximum absolute atomic E-state index is 13.3. The molecule has 0 saturated heterocycles. The second-order valence-corrected chi connectivity index (χ2v) is 7.73. The molecule has 3 saturated carbocycles. The number of Topliss-reactive ketones (excluding diaryl/α,β-unsaturated/α-hetero) is 1. The van der Waals surface area contributed by atoms with E-state index in [9.17, 15) is 4.79 Å². The molecule has 0 spiro atoms. The van der Waals surface area contributed by atoms with Crippen molar-refractivity contribution in [3.8, 4) is 0 Å². The second kappa shape index (κ2) is 5.84. The zero-order valence-corrected chi connectivity index (χ0v) is 14.3. The zero-order chi connectivity index (χ0) is 16.8. The predicted octanol–water partition coefficient (Wildman–Crippen LogP) is 5.40. The van der Waals surface area contributed by atoms with Gasteiger partial charge in [0.1, 0.15) is 0 Å². The van der Waals surface area contributed by atoms with E-state index in [2.05, 4.69) is 36.4 Å². The maximum atomic E-state index is 13.3. The Hall–Kier alpha value is -2.41. The lowest BCUT2D eigenvalue weighted by atomic mass is 9.78. The molecular formula is C24H22O. The first kappa shape index (κ1) is 14.9. The summed E-state index contributed by atoms with van der Waals surface area (Å²) in [5, 5.41) is 0. The van der Waals surface area contributed by atoms with Crippen LogP contribution < -0.4 is 0 Å². The fourth-order valence-electron chi connectivity index (χ4n) is 5.44. The number of rotatable bonds is 2. The van der Waals surface area contributed by atoms with Gasteiger partial charge in [-0.3, -0.25) is 4.79 Å². The topological polar surface area (TPSA) is 17.1 Å². The SMILES string of the molecule is O=C1/C(=C\c2ccccc2)[C@H]2[C@H]3CC[C@H](C3)[C@H]2/C1=C\c1ccccc1. The van der Waals surface area contributed by atoms with Crippen molar-refractivity contribution in [3.63, 3.8) is 0 Å². The molecule has 4 atom stereocenters. The summed E-state index contributed by atoms with van der Waals surface area (Å²) in [6, 6.07) is 20.6. The Balaban J connectivity index is 1.61. The van der Waals surface area contributed by atoms with Gasteiger partial charge in [-0.05, 0) is 66.2 Å². The number of hydrogen-bond acceptors (Lipinski definition) is 1. The molecule has 3 aliphatic rings. The number of carbonyl (C=O) groups is 1. The van der Waals surface area contributed by atoms with Crippen LogP contribution in [0.3, 0.4) is 0 Å². The quantitative estimate of drug-likeness (QED) is 0.675. The average molecular weight is 326 g/mol. The van der Waals surface area contributed by atoms with Crippen LogP contribution in [0.1, 0.15) is 30.4 Å². The van der Waals surface area contributed by atoms with E-state index >= 15 is 0 Å². The molecule has 3 fully saturated rings. The standard InChI is InChI=1S/C24H22O/c25-24-20(13-16-7-3-1-4-8-16)22-18-11-12-19(15-18)23(22)21(24)14-17-9-5-2-6-10-17/h1-10,13-14,18-19,22-23H,11-12,15H2/b20-13-,21-14+/t18-,19+,22+,23-/m0/s1. The van der Waals surface area contributed by atoms with E-state index in [0.29, 0.717) is 29.5 Å². The summed E-state index contributed by atoms with van der Waals surface area (Å²) in [4.78, 5) is 13.3. The highest BCUT2D eigenvalue weighted by Gasteiger charge is 2.56. The van der Waals surface area contributed by atoms with Gasteiger partial charge >= 0.3 is 0 Å².